The Hall–Kier alpha value is -3.00. The summed E-state index contributed by atoms with van der Waals surface area (Å²) in [7, 11) is 1.70. The minimum absolute atomic E-state index is 0.0227. The van der Waals surface area contributed by atoms with E-state index in [4.69, 9.17) is 27.6 Å². The second kappa shape index (κ2) is 7.36. The largest absolute Gasteiger partial charge is 0.496 e. The molecule has 2 atom stereocenters. The van der Waals surface area contributed by atoms with E-state index in [2.05, 4.69) is 21.9 Å². The van der Waals surface area contributed by atoms with Gasteiger partial charge in [0.2, 0.25) is 0 Å². The number of rotatable bonds is 3. The number of fused-ring (bicyclic) bond motifs is 5. The number of likely N-dealkylation sites (tertiary alicyclic amines) is 1. The summed E-state index contributed by atoms with van der Waals surface area (Å²) in [5.74, 6) is 2.50. The molecule has 4 nitrogen and oxygen atoms in total. The minimum atomic E-state index is -0.617. The van der Waals surface area contributed by atoms with Crippen molar-refractivity contribution >= 4 is 11.6 Å². The SMILES string of the molecule is C#[N+][C@]12CN(Cc3ccccc3OC)C[C@@H]1c1cc(Cl)ccc1Oc1ccccc12. The van der Waals surface area contributed by atoms with Gasteiger partial charge in [0.05, 0.1) is 25.1 Å². The topological polar surface area (TPSA) is 26.1 Å². The predicted molar refractivity (Wildman–Crippen MR) is 119 cm³/mol. The highest BCUT2D eigenvalue weighted by atomic mass is 35.5. The summed E-state index contributed by atoms with van der Waals surface area (Å²) in [5.41, 5.74) is 2.57. The van der Waals surface area contributed by atoms with Gasteiger partial charge in [-0.25, -0.2) is 0 Å². The number of hydrogen-bond acceptors (Lipinski definition) is 3. The molecular weight excluding hydrogens is 396 g/mol. The third-order valence-corrected chi connectivity index (χ3v) is 6.45. The molecule has 3 aromatic rings. The van der Waals surface area contributed by atoms with E-state index >= 15 is 0 Å². The van der Waals surface area contributed by atoms with Crippen LogP contribution >= 0.6 is 11.6 Å². The third kappa shape index (κ3) is 2.94. The molecule has 30 heavy (non-hydrogen) atoms. The number of hydrogen-bond donors (Lipinski definition) is 0. The van der Waals surface area contributed by atoms with Gasteiger partial charge in [-0.3, -0.25) is 4.90 Å². The van der Waals surface area contributed by atoms with Crippen molar-refractivity contribution in [3.63, 3.8) is 0 Å². The highest BCUT2D eigenvalue weighted by Gasteiger charge is 2.61. The number of para-hydroxylation sites is 2. The van der Waals surface area contributed by atoms with Crippen LogP contribution in [-0.2, 0) is 12.1 Å². The molecule has 0 aromatic heterocycles. The predicted octanol–water partition coefficient (Wildman–Crippen LogP) is 5.91. The van der Waals surface area contributed by atoms with Crippen LogP contribution in [-0.4, -0.2) is 25.1 Å². The molecule has 0 saturated carbocycles. The molecule has 0 bridgehead atoms. The average molecular weight is 418 g/mol. The Labute approximate surface area is 181 Å². The van der Waals surface area contributed by atoms with Crippen LogP contribution < -0.4 is 9.47 Å². The Bertz CT molecular complexity index is 1160. The fourth-order valence-electron chi connectivity index (χ4n) is 4.86. The maximum Gasteiger partial charge on any atom is 0.329 e. The van der Waals surface area contributed by atoms with Crippen LogP contribution in [0.1, 0.15) is 22.6 Å². The zero-order chi connectivity index (χ0) is 20.7. The van der Waals surface area contributed by atoms with Gasteiger partial charge < -0.3 is 9.47 Å². The second-order valence-electron chi connectivity index (χ2n) is 7.87. The third-order valence-electron chi connectivity index (χ3n) is 6.22. The highest BCUT2D eigenvalue weighted by Crippen LogP contribution is 2.55. The maximum atomic E-state index is 6.38. The van der Waals surface area contributed by atoms with E-state index in [9.17, 15) is 0 Å². The number of nitrogens with zero attached hydrogens (tertiary/aromatic N) is 2. The summed E-state index contributed by atoms with van der Waals surface area (Å²) in [6.45, 7) is 8.36. The standard InChI is InChI=1S/C25H22ClN2O2/c1-27-25-16-28(14-17-7-3-5-9-22(17)29-2)15-21(25)19-13-18(26)11-12-23(19)30-24-10-6-4-8-20(24)25/h1,3-13,21H,14-16H2,2H3/q+1/t21-,25+/m1/s1. The lowest BCUT2D eigenvalue weighted by Gasteiger charge is -2.19. The monoisotopic (exact) mass is 417 g/mol. The van der Waals surface area contributed by atoms with E-state index in [-0.39, 0.29) is 5.92 Å². The van der Waals surface area contributed by atoms with E-state index in [1.54, 1.807) is 7.11 Å². The highest BCUT2D eigenvalue weighted by molar-refractivity contribution is 6.30. The van der Waals surface area contributed by atoms with Gasteiger partial charge in [0.15, 0.2) is 0 Å². The quantitative estimate of drug-likeness (QED) is 0.529. The van der Waals surface area contributed by atoms with Gasteiger partial charge in [0, 0.05) is 29.2 Å². The van der Waals surface area contributed by atoms with Crippen LogP contribution in [0.15, 0.2) is 66.7 Å². The summed E-state index contributed by atoms with van der Waals surface area (Å²) in [4.78, 5) is 6.89. The lowest BCUT2D eigenvalue weighted by molar-refractivity contribution is 0.305. The summed E-state index contributed by atoms with van der Waals surface area (Å²) >= 11 is 6.38. The number of benzene rings is 3. The van der Waals surface area contributed by atoms with Gasteiger partial charge in [-0.15, -0.1) is 0 Å². The first-order valence-corrected chi connectivity index (χ1v) is 10.4. The molecule has 1 saturated heterocycles. The molecular formula is C25H22ClN2O2+. The zero-order valence-electron chi connectivity index (χ0n) is 16.7. The summed E-state index contributed by atoms with van der Waals surface area (Å²) in [5, 5.41) is 0.678. The smallest absolute Gasteiger partial charge is 0.329 e. The van der Waals surface area contributed by atoms with Gasteiger partial charge in [-0.2, -0.15) is 0 Å². The first kappa shape index (κ1) is 19.0. The van der Waals surface area contributed by atoms with E-state index in [1.165, 1.54) is 0 Å². The van der Waals surface area contributed by atoms with Crippen molar-refractivity contribution in [3.8, 4) is 23.8 Å². The minimum Gasteiger partial charge on any atom is -0.496 e. The maximum absolute atomic E-state index is 6.38. The van der Waals surface area contributed by atoms with Gasteiger partial charge in [0.1, 0.15) is 17.2 Å². The molecule has 2 aliphatic heterocycles. The van der Waals surface area contributed by atoms with Gasteiger partial charge in [-0.1, -0.05) is 46.8 Å². The normalized spacial score (nSPS) is 22.1. The number of halogens is 1. The van der Waals surface area contributed by atoms with Crippen LogP contribution in [0, 0.1) is 6.57 Å². The van der Waals surface area contributed by atoms with Crippen molar-refractivity contribution in [2.24, 2.45) is 0 Å². The summed E-state index contributed by atoms with van der Waals surface area (Å²) in [6, 6.07) is 21.9. The van der Waals surface area contributed by atoms with E-state index < -0.39 is 5.54 Å². The summed E-state index contributed by atoms with van der Waals surface area (Å²) in [6.07, 6.45) is 0. The van der Waals surface area contributed by atoms with Crippen molar-refractivity contribution in [3.05, 3.63) is 93.3 Å². The average Bonchev–Trinajstić information content (AvgIpc) is 3.10. The molecule has 1 fully saturated rings. The molecule has 0 spiro atoms. The van der Waals surface area contributed by atoms with Crippen LogP contribution in [0.4, 0.5) is 0 Å². The molecule has 150 valence electrons. The van der Waals surface area contributed by atoms with E-state index in [1.807, 2.05) is 54.6 Å². The van der Waals surface area contributed by atoms with Crippen LogP contribution in [0.2, 0.25) is 5.02 Å². The molecule has 2 aliphatic rings. The fraction of sp³-hybridized carbons (Fsp3) is 0.240. The van der Waals surface area contributed by atoms with Crippen molar-refractivity contribution in [2.45, 2.75) is 18.0 Å². The fourth-order valence-corrected chi connectivity index (χ4v) is 5.05. The van der Waals surface area contributed by atoms with E-state index in [0.717, 1.165) is 47.0 Å². The molecule has 0 amide bonds. The molecule has 2 heterocycles. The van der Waals surface area contributed by atoms with Gasteiger partial charge in [0.25, 0.3) is 6.57 Å². The van der Waals surface area contributed by atoms with Crippen molar-refractivity contribution in [1.29, 1.82) is 0 Å². The molecule has 5 rings (SSSR count). The van der Waals surface area contributed by atoms with Gasteiger partial charge >= 0.3 is 5.54 Å². The van der Waals surface area contributed by atoms with Crippen molar-refractivity contribution in [1.82, 2.24) is 4.90 Å². The van der Waals surface area contributed by atoms with Crippen molar-refractivity contribution < 1.29 is 9.47 Å². The Morgan fingerprint density at radius 1 is 1.13 bits per heavy atom. The lowest BCUT2D eigenvalue weighted by atomic mass is 9.77. The molecule has 0 radical (unpaired) electrons. The van der Waals surface area contributed by atoms with E-state index in [0.29, 0.717) is 11.6 Å². The van der Waals surface area contributed by atoms with Crippen molar-refractivity contribution in [2.75, 3.05) is 20.2 Å². The lowest BCUT2D eigenvalue weighted by Crippen LogP contribution is -2.30. The van der Waals surface area contributed by atoms with Gasteiger partial charge in [-0.05, 0) is 36.4 Å². The molecule has 0 N–H and O–H groups in total. The number of ether oxygens (including phenoxy) is 2. The zero-order valence-corrected chi connectivity index (χ0v) is 17.5. The molecule has 3 aromatic carbocycles. The Morgan fingerprint density at radius 3 is 2.77 bits per heavy atom. The van der Waals surface area contributed by atoms with Crippen LogP contribution in [0.25, 0.3) is 4.85 Å². The van der Waals surface area contributed by atoms with Crippen LogP contribution in [0.3, 0.4) is 0 Å². The first-order chi connectivity index (χ1) is 14.6. The molecule has 5 heteroatoms. The molecule has 0 unspecified atom stereocenters. The second-order valence-corrected chi connectivity index (χ2v) is 8.30. The van der Waals surface area contributed by atoms with Crippen LogP contribution in [0.5, 0.6) is 17.2 Å². The Kier molecular flexibility index (Phi) is 4.66. The number of methoxy groups -OCH3 is 1. The Morgan fingerprint density at radius 2 is 1.93 bits per heavy atom. The Balaban J connectivity index is 1.62. The first-order valence-electron chi connectivity index (χ1n) is 9.98. The summed E-state index contributed by atoms with van der Waals surface area (Å²) < 4.78 is 11.9. The molecule has 0 aliphatic carbocycles.